The lowest BCUT2D eigenvalue weighted by atomic mass is 10.2. The van der Waals surface area contributed by atoms with E-state index in [2.05, 4.69) is 43.1 Å². The number of thioether (sulfide) groups is 1. The highest BCUT2D eigenvalue weighted by atomic mass is 32.2. The van der Waals surface area contributed by atoms with E-state index in [0.717, 1.165) is 0 Å². The summed E-state index contributed by atoms with van der Waals surface area (Å²) in [5.74, 6) is 5.72. The second-order valence-electron chi connectivity index (χ2n) is 7.88. The number of amides is 1. The molecule has 4 N–H and O–H groups in total. The fourth-order valence-electron chi connectivity index (χ4n) is 3.75. The number of nitrogens with zero attached hydrogens (tertiary/aromatic N) is 3. The topological polar surface area (TPSA) is 105 Å². The molecule has 0 radical (unpaired) electrons. The highest BCUT2D eigenvalue weighted by Crippen LogP contribution is 2.40. The van der Waals surface area contributed by atoms with E-state index in [1.807, 2.05) is 0 Å². The van der Waals surface area contributed by atoms with Gasteiger partial charge in [0.25, 0.3) is 5.91 Å². The molecule has 37 heavy (non-hydrogen) atoms. The van der Waals surface area contributed by atoms with Gasteiger partial charge in [0.1, 0.15) is 11.2 Å². The minimum absolute atomic E-state index is 0.0260. The van der Waals surface area contributed by atoms with Crippen molar-refractivity contribution < 1.29 is 27.1 Å². The number of methoxy groups -OCH3 is 1. The number of aromatic nitrogens is 3. The molecular weight excluding hydrogens is 514 g/mol. The van der Waals surface area contributed by atoms with Gasteiger partial charge in [0.05, 0.1) is 42.0 Å². The molecule has 3 aromatic heterocycles. The Morgan fingerprint density at radius 1 is 1.32 bits per heavy atom. The molecule has 1 fully saturated rings. The van der Waals surface area contributed by atoms with Crippen LogP contribution in [-0.4, -0.2) is 71.8 Å². The first-order chi connectivity index (χ1) is 17.7. The van der Waals surface area contributed by atoms with Crippen LogP contribution in [-0.2, 0) is 0 Å². The summed E-state index contributed by atoms with van der Waals surface area (Å²) in [4.78, 5) is 20.2. The van der Waals surface area contributed by atoms with Crippen LogP contribution in [0.2, 0.25) is 0 Å². The van der Waals surface area contributed by atoms with E-state index in [1.165, 1.54) is 49.3 Å². The minimum atomic E-state index is -4.56. The lowest BCUT2D eigenvalue weighted by molar-refractivity contribution is -0.0329. The molecule has 196 valence electrons. The molecule has 1 saturated heterocycles. The number of fused-ring (bicyclic) bond motifs is 1. The van der Waals surface area contributed by atoms with E-state index < -0.39 is 17.7 Å². The number of rotatable bonds is 7. The third-order valence-corrected chi connectivity index (χ3v) is 6.29. The average molecular weight is 538 g/mol. The van der Waals surface area contributed by atoms with Gasteiger partial charge >= 0.3 is 5.51 Å². The second-order valence-corrected chi connectivity index (χ2v) is 8.94. The lowest BCUT2D eigenvalue weighted by Crippen LogP contribution is -2.29. The standard InChI is InChI=1S/C23H23F4N7O2S/c1-28-20(35)14-8-16(21(36-2)32-10-14)30-5-3-4-13-9-18-19(33-17-12-29-11-15(17)24)31-6-7-34(18)22(13)37-23(25,26)27/h6-10,15,17,29-30H,5,11-12H2,1-2H3,(H,28,35)(H,31,33)/t15-,17+/m0/s1. The number of hydrogen-bond acceptors (Lipinski definition) is 8. The highest BCUT2D eigenvalue weighted by molar-refractivity contribution is 8.00. The van der Waals surface area contributed by atoms with Crippen molar-refractivity contribution in [3.05, 3.63) is 41.9 Å². The number of carbonyl (C=O) groups excluding carboxylic acids is 1. The first kappa shape index (κ1) is 26.4. The molecule has 0 aromatic carbocycles. The summed E-state index contributed by atoms with van der Waals surface area (Å²) in [6.07, 6.45) is 2.95. The van der Waals surface area contributed by atoms with Crippen LogP contribution in [0.15, 0.2) is 35.7 Å². The molecule has 0 spiro atoms. The summed E-state index contributed by atoms with van der Waals surface area (Å²) in [6.45, 7) is 0.581. The Morgan fingerprint density at radius 3 is 2.81 bits per heavy atom. The average Bonchev–Trinajstić information content (AvgIpc) is 3.43. The fraction of sp³-hybridized carbons (Fsp3) is 0.348. The molecule has 14 heteroatoms. The maximum Gasteiger partial charge on any atom is 0.447 e. The van der Waals surface area contributed by atoms with Crippen molar-refractivity contribution >= 4 is 34.7 Å². The van der Waals surface area contributed by atoms with Crippen molar-refractivity contribution in [2.45, 2.75) is 22.7 Å². The van der Waals surface area contributed by atoms with E-state index in [0.29, 0.717) is 23.3 Å². The summed E-state index contributed by atoms with van der Waals surface area (Å²) < 4.78 is 60.7. The first-order valence-electron chi connectivity index (χ1n) is 11.1. The van der Waals surface area contributed by atoms with Crippen molar-refractivity contribution in [2.24, 2.45) is 0 Å². The third-order valence-electron chi connectivity index (χ3n) is 5.45. The molecule has 1 aliphatic heterocycles. The zero-order valence-electron chi connectivity index (χ0n) is 19.7. The van der Waals surface area contributed by atoms with Crippen molar-refractivity contribution in [1.82, 2.24) is 25.0 Å². The largest absolute Gasteiger partial charge is 0.480 e. The normalized spacial score (nSPS) is 17.2. The fourth-order valence-corrected chi connectivity index (χ4v) is 4.44. The molecule has 0 saturated carbocycles. The maximum absolute atomic E-state index is 14.1. The molecule has 1 amide bonds. The molecule has 2 atom stereocenters. The second kappa shape index (κ2) is 11.1. The van der Waals surface area contributed by atoms with Crippen LogP contribution in [0, 0.1) is 11.8 Å². The zero-order valence-corrected chi connectivity index (χ0v) is 20.6. The summed E-state index contributed by atoms with van der Waals surface area (Å²) in [5.41, 5.74) is -3.40. The van der Waals surface area contributed by atoms with Gasteiger partial charge in [-0.1, -0.05) is 11.8 Å². The Bertz CT molecular complexity index is 1350. The molecule has 4 rings (SSSR count). The van der Waals surface area contributed by atoms with Crippen LogP contribution in [0.1, 0.15) is 15.9 Å². The number of nitrogens with one attached hydrogen (secondary N) is 4. The Kier molecular flexibility index (Phi) is 7.94. The lowest BCUT2D eigenvalue weighted by Gasteiger charge is -2.15. The summed E-state index contributed by atoms with van der Waals surface area (Å²) in [6, 6.07) is 2.46. The molecule has 9 nitrogen and oxygen atoms in total. The van der Waals surface area contributed by atoms with Gasteiger partial charge in [-0.05, 0) is 12.1 Å². The summed E-state index contributed by atoms with van der Waals surface area (Å²) >= 11 is -0.293. The molecule has 3 aromatic rings. The van der Waals surface area contributed by atoms with Crippen molar-refractivity contribution in [1.29, 1.82) is 0 Å². The third kappa shape index (κ3) is 6.17. The molecule has 0 unspecified atom stereocenters. The first-order valence-corrected chi connectivity index (χ1v) is 11.9. The van der Waals surface area contributed by atoms with Gasteiger partial charge in [-0.3, -0.25) is 4.79 Å². The SMILES string of the molecule is CNC(=O)c1cnc(OC)c(NCC#Cc2cc3c(N[C@@H]4CNC[C@@H]4F)nccn3c2SC(F)(F)F)c1. The predicted octanol–water partition coefficient (Wildman–Crippen LogP) is 2.89. The van der Waals surface area contributed by atoms with Gasteiger partial charge in [-0.25, -0.2) is 14.4 Å². The molecule has 1 aliphatic rings. The zero-order chi connectivity index (χ0) is 26.6. The monoisotopic (exact) mass is 537 g/mol. The predicted molar refractivity (Wildman–Crippen MR) is 132 cm³/mol. The van der Waals surface area contributed by atoms with Crippen molar-refractivity contribution in [2.75, 3.05) is 44.4 Å². The van der Waals surface area contributed by atoms with Gasteiger partial charge in [0.2, 0.25) is 5.88 Å². The van der Waals surface area contributed by atoms with Crippen LogP contribution in [0.5, 0.6) is 5.88 Å². The Morgan fingerprint density at radius 2 is 2.14 bits per heavy atom. The smallest absolute Gasteiger partial charge is 0.447 e. The van der Waals surface area contributed by atoms with Crippen LogP contribution in [0.25, 0.3) is 5.52 Å². The van der Waals surface area contributed by atoms with Gasteiger partial charge in [0.15, 0.2) is 5.82 Å². The van der Waals surface area contributed by atoms with Crippen LogP contribution >= 0.6 is 11.8 Å². The Hall–Kier alpha value is -3.70. The van der Waals surface area contributed by atoms with Crippen molar-refractivity contribution in [3.63, 3.8) is 0 Å². The Labute approximate surface area is 213 Å². The van der Waals surface area contributed by atoms with E-state index in [4.69, 9.17) is 4.74 Å². The number of anilines is 2. The molecule has 0 bridgehead atoms. The van der Waals surface area contributed by atoms with E-state index in [9.17, 15) is 22.4 Å². The quantitative estimate of drug-likeness (QED) is 0.207. The number of pyridine rings is 1. The minimum Gasteiger partial charge on any atom is -0.480 e. The molecule has 4 heterocycles. The van der Waals surface area contributed by atoms with Gasteiger partial charge < -0.3 is 30.4 Å². The van der Waals surface area contributed by atoms with Gasteiger partial charge in [0, 0.05) is 50.5 Å². The summed E-state index contributed by atoms with van der Waals surface area (Å²) in [5, 5.41) is 11.2. The van der Waals surface area contributed by atoms with Crippen molar-refractivity contribution in [3.8, 4) is 17.7 Å². The number of alkyl halides is 4. The van der Waals surface area contributed by atoms with Gasteiger partial charge in [-0.2, -0.15) is 13.2 Å². The Balaban J connectivity index is 1.62. The molecular formula is C23H23F4N7O2S. The van der Waals surface area contributed by atoms with E-state index in [-0.39, 0.29) is 53.0 Å². The highest BCUT2D eigenvalue weighted by Gasteiger charge is 2.33. The number of hydrogen-bond donors (Lipinski definition) is 4. The van der Waals surface area contributed by atoms with E-state index in [1.54, 1.807) is 0 Å². The van der Waals surface area contributed by atoms with E-state index >= 15 is 0 Å². The number of halogens is 4. The maximum atomic E-state index is 14.1. The molecule has 0 aliphatic carbocycles. The number of ether oxygens (including phenoxy) is 1. The van der Waals surface area contributed by atoms with Gasteiger partial charge in [-0.15, -0.1) is 0 Å². The van der Waals surface area contributed by atoms with Crippen LogP contribution in [0.3, 0.4) is 0 Å². The summed E-state index contributed by atoms with van der Waals surface area (Å²) in [7, 11) is 2.90. The number of carbonyl (C=O) groups is 1. The van der Waals surface area contributed by atoms with Crippen LogP contribution < -0.4 is 26.0 Å². The van der Waals surface area contributed by atoms with Crippen LogP contribution in [0.4, 0.5) is 29.1 Å².